The van der Waals surface area contributed by atoms with Crippen LogP contribution < -0.4 is 5.32 Å². The second-order valence-electron chi connectivity index (χ2n) is 6.66. The summed E-state index contributed by atoms with van der Waals surface area (Å²) in [5.41, 5.74) is 2.51. The van der Waals surface area contributed by atoms with Crippen LogP contribution in [-0.2, 0) is 22.4 Å². The molecule has 0 aliphatic heterocycles. The van der Waals surface area contributed by atoms with Gasteiger partial charge in [0.1, 0.15) is 16.8 Å². The smallest absolute Gasteiger partial charge is 0.326 e. The molecule has 0 fully saturated rings. The van der Waals surface area contributed by atoms with E-state index < -0.39 is 17.9 Å². The van der Waals surface area contributed by atoms with Crippen LogP contribution in [0, 0.1) is 12.8 Å². The standard InChI is InChI=1S/C20H21N3O4S2/c1-12-8-16(27-23-12)10-15(11-28)18(24)22-17(20(25)26)9-13-2-4-14(5-3-13)19-21-6-7-29-19/h2-8,15,17,28H,9-11H2,1H3,(H,22,24)(H,25,26)/t15?,17-/m0/s1. The Morgan fingerprint density at radius 2 is 2.03 bits per heavy atom. The molecule has 29 heavy (non-hydrogen) atoms. The molecule has 0 saturated heterocycles. The van der Waals surface area contributed by atoms with Gasteiger partial charge in [-0.25, -0.2) is 9.78 Å². The normalized spacial score (nSPS) is 13.0. The molecule has 0 bridgehead atoms. The Morgan fingerprint density at radius 1 is 1.28 bits per heavy atom. The van der Waals surface area contributed by atoms with E-state index in [1.165, 1.54) is 11.3 Å². The lowest BCUT2D eigenvalue weighted by molar-refractivity contribution is -0.142. The van der Waals surface area contributed by atoms with Crippen molar-refractivity contribution in [1.82, 2.24) is 15.5 Å². The molecule has 152 valence electrons. The van der Waals surface area contributed by atoms with Gasteiger partial charge in [-0.3, -0.25) is 4.79 Å². The summed E-state index contributed by atoms with van der Waals surface area (Å²) < 4.78 is 5.15. The molecule has 1 unspecified atom stereocenters. The SMILES string of the molecule is Cc1cc(CC(CS)C(=O)N[C@@H](Cc2ccc(-c3nccs3)cc2)C(=O)O)on1. The molecule has 2 N–H and O–H groups in total. The zero-order valence-corrected chi connectivity index (χ0v) is 17.5. The Hall–Kier alpha value is -2.65. The highest BCUT2D eigenvalue weighted by Crippen LogP contribution is 2.22. The summed E-state index contributed by atoms with van der Waals surface area (Å²) in [6.45, 7) is 1.79. The van der Waals surface area contributed by atoms with Gasteiger partial charge < -0.3 is 14.9 Å². The molecule has 2 atom stereocenters. The average Bonchev–Trinajstić information content (AvgIpc) is 3.38. The number of aliphatic carboxylic acids is 1. The van der Waals surface area contributed by atoms with Gasteiger partial charge in [-0.1, -0.05) is 29.4 Å². The van der Waals surface area contributed by atoms with Crippen LogP contribution in [0.25, 0.3) is 10.6 Å². The van der Waals surface area contributed by atoms with Gasteiger partial charge in [-0.2, -0.15) is 12.6 Å². The number of thiazole rings is 1. The predicted molar refractivity (Wildman–Crippen MR) is 113 cm³/mol. The van der Waals surface area contributed by atoms with Gasteiger partial charge in [-0.05, 0) is 12.5 Å². The number of carboxylic acids is 1. The Labute approximate surface area is 177 Å². The largest absolute Gasteiger partial charge is 0.480 e. The molecule has 0 aliphatic carbocycles. The van der Waals surface area contributed by atoms with E-state index in [-0.39, 0.29) is 18.1 Å². The van der Waals surface area contributed by atoms with E-state index >= 15 is 0 Å². The fourth-order valence-corrected chi connectivity index (χ4v) is 3.81. The topological polar surface area (TPSA) is 105 Å². The van der Waals surface area contributed by atoms with Crippen LogP contribution in [0.2, 0.25) is 0 Å². The summed E-state index contributed by atoms with van der Waals surface area (Å²) in [4.78, 5) is 28.6. The van der Waals surface area contributed by atoms with Gasteiger partial charge in [0.2, 0.25) is 5.91 Å². The lowest BCUT2D eigenvalue weighted by atomic mass is 10.0. The number of aryl methyl sites for hydroxylation is 1. The van der Waals surface area contributed by atoms with Crippen LogP contribution in [0.15, 0.2) is 46.4 Å². The highest BCUT2D eigenvalue weighted by atomic mass is 32.1. The minimum absolute atomic E-state index is 0.180. The molecule has 0 spiro atoms. The molecule has 0 saturated carbocycles. The number of carbonyl (C=O) groups is 2. The first-order valence-electron chi connectivity index (χ1n) is 9.01. The van der Waals surface area contributed by atoms with Crippen LogP contribution in [0.1, 0.15) is 17.0 Å². The molecular weight excluding hydrogens is 410 g/mol. The number of aromatic nitrogens is 2. The average molecular weight is 432 g/mol. The van der Waals surface area contributed by atoms with Crippen LogP contribution in [-0.4, -0.2) is 38.9 Å². The van der Waals surface area contributed by atoms with Gasteiger partial charge in [0.05, 0.1) is 11.6 Å². The van der Waals surface area contributed by atoms with E-state index in [2.05, 4.69) is 28.1 Å². The third kappa shape index (κ3) is 5.68. The van der Waals surface area contributed by atoms with Crippen molar-refractivity contribution in [3.8, 4) is 10.6 Å². The Balaban J connectivity index is 1.64. The zero-order chi connectivity index (χ0) is 20.8. The maximum absolute atomic E-state index is 12.6. The lowest BCUT2D eigenvalue weighted by Gasteiger charge is -2.19. The fraction of sp³-hybridized carbons (Fsp3) is 0.300. The van der Waals surface area contributed by atoms with E-state index in [4.69, 9.17) is 4.52 Å². The van der Waals surface area contributed by atoms with E-state index in [1.54, 1.807) is 19.2 Å². The lowest BCUT2D eigenvalue weighted by Crippen LogP contribution is -2.45. The number of thiol groups is 1. The summed E-state index contributed by atoms with van der Waals surface area (Å²) in [5, 5.41) is 18.8. The van der Waals surface area contributed by atoms with Crippen molar-refractivity contribution in [3.63, 3.8) is 0 Å². The van der Waals surface area contributed by atoms with Gasteiger partial charge in [0.25, 0.3) is 0 Å². The summed E-state index contributed by atoms with van der Waals surface area (Å²) >= 11 is 5.77. The van der Waals surface area contributed by atoms with Crippen molar-refractivity contribution in [3.05, 3.63) is 58.9 Å². The minimum Gasteiger partial charge on any atom is -0.480 e. The number of hydrogen-bond acceptors (Lipinski definition) is 7. The molecule has 0 aliphatic rings. The number of benzene rings is 1. The Morgan fingerprint density at radius 3 is 2.59 bits per heavy atom. The zero-order valence-electron chi connectivity index (χ0n) is 15.7. The Kier molecular flexibility index (Phi) is 7.05. The molecule has 0 radical (unpaired) electrons. The summed E-state index contributed by atoms with van der Waals surface area (Å²) in [7, 11) is 0. The maximum Gasteiger partial charge on any atom is 0.326 e. The van der Waals surface area contributed by atoms with Crippen molar-refractivity contribution in [1.29, 1.82) is 0 Å². The number of hydrogen-bond donors (Lipinski definition) is 3. The third-order valence-electron chi connectivity index (χ3n) is 4.40. The van der Waals surface area contributed by atoms with Crippen LogP contribution in [0.3, 0.4) is 0 Å². The number of amides is 1. The van der Waals surface area contributed by atoms with Gasteiger partial charge in [0.15, 0.2) is 0 Å². The first-order valence-corrected chi connectivity index (χ1v) is 10.5. The highest BCUT2D eigenvalue weighted by molar-refractivity contribution is 7.80. The second-order valence-corrected chi connectivity index (χ2v) is 7.92. The molecule has 1 amide bonds. The van der Waals surface area contributed by atoms with Crippen molar-refractivity contribution in [2.75, 3.05) is 5.75 Å². The second kappa shape index (κ2) is 9.71. The van der Waals surface area contributed by atoms with Crippen molar-refractivity contribution in [2.24, 2.45) is 5.92 Å². The van der Waals surface area contributed by atoms with E-state index in [0.29, 0.717) is 12.2 Å². The molecule has 3 rings (SSSR count). The highest BCUT2D eigenvalue weighted by Gasteiger charge is 2.26. The van der Waals surface area contributed by atoms with Crippen LogP contribution in [0.4, 0.5) is 0 Å². The molecule has 3 aromatic rings. The molecule has 1 aromatic carbocycles. The molecule has 7 nitrogen and oxygen atoms in total. The third-order valence-corrected chi connectivity index (χ3v) is 5.67. The maximum atomic E-state index is 12.6. The first kappa shape index (κ1) is 21.1. The van der Waals surface area contributed by atoms with Crippen molar-refractivity contribution < 1.29 is 19.2 Å². The number of nitrogens with one attached hydrogen (secondary N) is 1. The van der Waals surface area contributed by atoms with Crippen LogP contribution in [0.5, 0.6) is 0 Å². The molecule has 2 heterocycles. The van der Waals surface area contributed by atoms with E-state index in [0.717, 1.165) is 21.8 Å². The molecule has 2 aromatic heterocycles. The fourth-order valence-electron chi connectivity index (χ4n) is 2.87. The molecular formula is C20H21N3O4S2. The number of carboxylic acid groups (broad SMARTS) is 1. The van der Waals surface area contributed by atoms with Crippen LogP contribution >= 0.6 is 24.0 Å². The van der Waals surface area contributed by atoms with E-state index in [9.17, 15) is 14.7 Å². The minimum atomic E-state index is -1.09. The van der Waals surface area contributed by atoms with Gasteiger partial charge >= 0.3 is 5.97 Å². The van der Waals surface area contributed by atoms with Crippen molar-refractivity contribution in [2.45, 2.75) is 25.8 Å². The number of rotatable bonds is 9. The number of nitrogens with zero attached hydrogens (tertiary/aromatic N) is 2. The first-order chi connectivity index (χ1) is 14.0. The van der Waals surface area contributed by atoms with Gasteiger partial charge in [0, 0.05) is 41.8 Å². The predicted octanol–water partition coefficient (Wildman–Crippen LogP) is 3.01. The van der Waals surface area contributed by atoms with E-state index in [1.807, 2.05) is 29.6 Å². The quantitative estimate of drug-likeness (QED) is 0.450. The Bertz CT molecular complexity index is 955. The summed E-state index contributed by atoms with van der Waals surface area (Å²) in [6, 6.07) is 8.22. The summed E-state index contributed by atoms with van der Waals surface area (Å²) in [6.07, 6.45) is 2.23. The van der Waals surface area contributed by atoms with Gasteiger partial charge in [-0.15, -0.1) is 11.3 Å². The monoisotopic (exact) mass is 431 g/mol. The van der Waals surface area contributed by atoms with Crippen molar-refractivity contribution >= 4 is 35.8 Å². The molecule has 9 heteroatoms. The summed E-state index contributed by atoms with van der Waals surface area (Å²) in [5.74, 6) is -1.14. The number of carbonyl (C=O) groups excluding carboxylic acids is 1.